The van der Waals surface area contributed by atoms with Gasteiger partial charge in [-0.05, 0) is 53.9 Å². The molecule has 0 saturated heterocycles. The van der Waals surface area contributed by atoms with Crippen LogP contribution in [0.2, 0.25) is 0 Å². The topological polar surface area (TPSA) is 48.0 Å². The quantitative estimate of drug-likeness (QED) is 0.270. The number of fused-ring (bicyclic) bond motifs is 12. The third-order valence-corrected chi connectivity index (χ3v) is 6.78. The monoisotopic (exact) mass is 435 g/mol. The van der Waals surface area contributed by atoms with Crippen LogP contribution in [0, 0.1) is 0 Å². The molecule has 5 heteroatoms. The number of imidazole rings is 1. The van der Waals surface area contributed by atoms with Gasteiger partial charge < -0.3 is 4.57 Å². The molecular formula is C29H17N5. The molecule has 0 N–H and O–H groups in total. The summed E-state index contributed by atoms with van der Waals surface area (Å²) in [7, 11) is 0. The van der Waals surface area contributed by atoms with E-state index in [0.717, 1.165) is 49.8 Å². The maximum absolute atomic E-state index is 5.08. The minimum atomic E-state index is 0.826. The van der Waals surface area contributed by atoms with Crippen LogP contribution in [0.4, 0.5) is 0 Å². The van der Waals surface area contributed by atoms with E-state index < -0.39 is 0 Å². The van der Waals surface area contributed by atoms with Crippen LogP contribution in [0.15, 0.2) is 103 Å². The molecule has 0 unspecified atom stereocenters. The van der Waals surface area contributed by atoms with Crippen molar-refractivity contribution in [2.24, 2.45) is 0 Å². The highest BCUT2D eigenvalue weighted by Crippen LogP contribution is 2.41. The van der Waals surface area contributed by atoms with Gasteiger partial charge in [0.1, 0.15) is 16.8 Å². The maximum Gasteiger partial charge on any atom is 0.166 e. The Morgan fingerprint density at radius 2 is 1.26 bits per heavy atom. The normalized spacial score (nSPS) is 12.1. The zero-order chi connectivity index (χ0) is 22.2. The molecule has 0 saturated carbocycles. The predicted octanol–water partition coefficient (Wildman–Crippen LogP) is 6.68. The Hall–Kier alpha value is -4.77. The summed E-state index contributed by atoms with van der Waals surface area (Å²) in [4.78, 5) is 14.5. The molecule has 5 aromatic heterocycles. The van der Waals surface area contributed by atoms with Crippen molar-refractivity contribution in [3.8, 4) is 5.69 Å². The molecule has 0 aliphatic carbocycles. The maximum atomic E-state index is 5.08. The highest BCUT2D eigenvalue weighted by molar-refractivity contribution is 6.29. The van der Waals surface area contributed by atoms with Gasteiger partial charge in [-0.1, -0.05) is 42.5 Å². The van der Waals surface area contributed by atoms with Gasteiger partial charge in [0, 0.05) is 39.6 Å². The van der Waals surface area contributed by atoms with E-state index in [0.29, 0.717) is 0 Å². The van der Waals surface area contributed by atoms with E-state index >= 15 is 0 Å². The lowest BCUT2D eigenvalue weighted by Gasteiger charge is -2.10. The van der Waals surface area contributed by atoms with Crippen LogP contribution in [-0.4, -0.2) is 23.9 Å². The van der Waals surface area contributed by atoms with Gasteiger partial charge in [-0.2, -0.15) is 0 Å². The standard InChI is InChI=1S/C29H17N5/c1-2-8-18(9-3-1)33-23-13-5-4-10-21(23)25-24(33)15-14-19-20-11-6-16-30-27(20)34-28-22(12-7-17-31-28)32-29(34)26(19)25/h1-17H. The van der Waals surface area contributed by atoms with Crippen LogP contribution < -0.4 is 0 Å². The molecule has 34 heavy (non-hydrogen) atoms. The van der Waals surface area contributed by atoms with Gasteiger partial charge in [0.05, 0.1) is 11.0 Å². The number of para-hydroxylation sites is 2. The Morgan fingerprint density at radius 3 is 2.18 bits per heavy atom. The SMILES string of the molecule is c1ccc(-n2c3ccccc3c3c4c(ccc32)c2cccnc2n2c3ncccc3nc42)cc1. The molecule has 8 rings (SSSR count). The van der Waals surface area contributed by atoms with Crippen molar-refractivity contribution >= 4 is 60.4 Å². The van der Waals surface area contributed by atoms with Crippen LogP contribution in [0.5, 0.6) is 0 Å². The summed E-state index contributed by atoms with van der Waals surface area (Å²) in [5.41, 5.74) is 6.92. The molecular weight excluding hydrogens is 418 g/mol. The van der Waals surface area contributed by atoms with Crippen LogP contribution in [0.25, 0.3) is 66.1 Å². The Labute approximate surface area is 193 Å². The molecule has 0 aliphatic rings. The van der Waals surface area contributed by atoms with Gasteiger partial charge in [0.15, 0.2) is 5.65 Å². The first kappa shape index (κ1) is 17.7. The zero-order valence-electron chi connectivity index (χ0n) is 18.1. The third kappa shape index (κ3) is 2.16. The van der Waals surface area contributed by atoms with Gasteiger partial charge >= 0.3 is 0 Å². The van der Waals surface area contributed by atoms with Gasteiger partial charge in [-0.25, -0.2) is 15.0 Å². The van der Waals surface area contributed by atoms with Gasteiger partial charge in [-0.15, -0.1) is 0 Å². The molecule has 0 spiro atoms. The van der Waals surface area contributed by atoms with Crippen molar-refractivity contribution in [3.63, 3.8) is 0 Å². The lowest BCUT2D eigenvalue weighted by Crippen LogP contribution is -1.96. The summed E-state index contributed by atoms with van der Waals surface area (Å²) in [6.45, 7) is 0. The van der Waals surface area contributed by atoms with Crippen LogP contribution >= 0.6 is 0 Å². The van der Waals surface area contributed by atoms with E-state index in [1.807, 2.05) is 30.6 Å². The lowest BCUT2D eigenvalue weighted by molar-refractivity contribution is 1.18. The summed E-state index contributed by atoms with van der Waals surface area (Å²) < 4.78 is 4.45. The summed E-state index contributed by atoms with van der Waals surface area (Å²) in [5.74, 6) is 0. The van der Waals surface area contributed by atoms with Gasteiger partial charge in [0.2, 0.25) is 0 Å². The van der Waals surface area contributed by atoms with E-state index in [4.69, 9.17) is 9.97 Å². The van der Waals surface area contributed by atoms with E-state index in [-0.39, 0.29) is 0 Å². The van der Waals surface area contributed by atoms with E-state index in [1.165, 1.54) is 16.3 Å². The van der Waals surface area contributed by atoms with Crippen molar-refractivity contribution < 1.29 is 0 Å². The summed E-state index contributed by atoms with van der Waals surface area (Å²) >= 11 is 0. The van der Waals surface area contributed by atoms with Crippen molar-refractivity contribution in [2.45, 2.75) is 0 Å². The van der Waals surface area contributed by atoms with E-state index in [1.54, 1.807) is 0 Å². The number of benzene rings is 3. The molecule has 158 valence electrons. The minimum Gasteiger partial charge on any atom is -0.309 e. The van der Waals surface area contributed by atoms with Crippen molar-refractivity contribution in [2.75, 3.05) is 0 Å². The molecule has 5 nitrogen and oxygen atoms in total. The average molecular weight is 435 g/mol. The van der Waals surface area contributed by atoms with E-state index in [9.17, 15) is 0 Å². The number of pyridine rings is 3. The fraction of sp³-hybridized carbons (Fsp3) is 0. The number of hydrogen-bond donors (Lipinski definition) is 0. The fourth-order valence-corrected chi connectivity index (χ4v) is 5.44. The van der Waals surface area contributed by atoms with Crippen LogP contribution in [-0.2, 0) is 0 Å². The van der Waals surface area contributed by atoms with Crippen molar-refractivity contribution in [1.82, 2.24) is 23.9 Å². The second-order valence-electron chi connectivity index (χ2n) is 8.56. The molecule has 0 fully saturated rings. The molecule has 0 bridgehead atoms. The van der Waals surface area contributed by atoms with Gasteiger partial charge in [0.25, 0.3) is 0 Å². The van der Waals surface area contributed by atoms with Gasteiger partial charge in [-0.3, -0.25) is 4.40 Å². The first-order valence-electron chi connectivity index (χ1n) is 11.3. The number of aromatic nitrogens is 5. The van der Waals surface area contributed by atoms with E-state index in [2.05, 4.69) is 86.7 Å². The highest BCUT2D eigenvalue weighted by Gasteiger charge is 2.21. The third-order valence-electron chi connectivity index (χ3n) is 6.78. The van der Waals surface area contributed by atoms with Crippen molar-refractivity contribution in [3.05, 3.63) is 103 Å². The first-order chi connectivity index (χ1) is 16.9. The Bertz CT molecular complexity index is 2070. The fourth-order valence-electron chi connectivity index (χ4n) is 5.44. The molecule has 0 radical (unpaired) electrons. The molecule has 0 amide bonds. The smallest absolute Gasteiger partial charge is 0.166 e. The first-order valence-corrected chi connectivity index (χ1v) is 11.3. The number of rotatable bonds is 1. The minimum absolute atomic E-state index is 0.826. The largest absolute Gasteiger partial charge is 0.309 e. The zero-order valence-corrected chi connectivity index (χ0v) is 18.1. The summed E-state index contributed by atoms with van der Waals surface area (Å²) in [5, 5.41) is 5.77. The molecule has 8 aromatic rings. The molecule has 5 heterocycles. The molecule has 0 atom stereocenters. The second kappa shape index (κ2) is 6.39. The highest BCUT2D eigenvalue weighted by atomic mass is 15.1. The average Bonchev–Trinajstić information content (AvgIpc) is 3.45. The number of nitrogens with zero attached hydrogens (tertiary/aromatic N) is 5. The van der Waals surface area contributed by atoms with Crippen molar-refractivity contribution in [1.29, 1.82) is 0 Å². The Morgan fingerprint density at radius 1 is 0.500 bits per heavy atom. The summed E-state index contributed by atoms with van der Waals surface area (Å²) in [6, 6.07) is 31.7. The summed E-state index contributed by atoms with van der Waals surface area (Å²) in [6.07, 6.45) is 3.65. The van der Waals surface area contributed by atoms with Crippen LogP contribution in [0.3, 0.4) is 0 Å². The number of hydrogen-bond acceptors (Lipinski definition) is 3. The predicted molar refractivity (Wildman–Crippen MR) is 138 cm³/mol. The molecule has 0 aliphatic heterocycles. The van der Waals surface area contributed by atoms with Crippen LogP contribution in [0.1, 0.15) is 0 Å². The second-order valence-corrected chi connectivity index (χ2v) is 8.56. The lowest BCUT2D eigenvalue weighted by atomic mass is 10.0. The Kier molecular flexibility index (Phi) is 3.34. The molecule has 3 aromatic carbocycles. The Balaban J connectivity index is 1.73.